The second-order valence-corrected chi connectivity index (χ2v) is 4.82. The minimum Gasteiger partial charge on any atom is -0.399 e. The van der Waals surface area contributed by atoms with Gasteiger partial charge in [0.2, 0.25) is 0 Å². The van der Waals surface area contributed by atoms with Crippen LogP contribution in [0.2, 0.25) is 5.15 Å². The average Bonchev–Trinajstić information content (AvgIpc) is 2.73. The molecule has 0 bridgehead atoms. The Bertz CT molecular complexity index is 366. The Hall–Kier alpha value is -1.00. The number of hydrogen-bond acceptors (Lipinski definition) is 4. The minimum absolute atomic E-state index is 0.245. The highest BCUT2D eigenvalue weighted by Crippen LogP contribution is 2.29. The fourth-order valence-electron chi connectivity index (χ4n) is 2.41. The van der Waals surface area contributed by atoms with Crippen molar-refractivity contribution in [2.75, 3.05) is 23.8 Å². The van der Waals surface area contributed by atoms with Crippen LogP contribution in [0.1, 0.15) is 25.7 Å². The van der Waals surface area contributed by atoms with Crippen molar-refractivity contribution >= 4 is 23.1 Å². The van der Waals surface area contributed by atoms with Gasteiger partial charge in [0.25, 0.3) is 0 Å². The van der Waals surface area contributed by atoms with Crippen LogP contribution in [0.4, 0.5) is 11.5 Å². The van der Waals surface area contributed by atoms with E-state index in [1.54, 1.807) is 6.07 Å². The highest BCUT2D eigenvalue weighted by Gasteiger charge is 2.25. The van der Waals surface area contributed by atoms with Gasteiger partial charge in [0.05, 0.1) is 0 Å². The fourth-order valence-corrected chi connectivity index (χ4v) is 2.63. The van der Waals surface area contributed by atoms with Crippen molar-refractivity contribution in [1.29, 1.82) is 0 Å². The summed E-state index contributed by atoms with van der Waals surface area (Å²) in [5, 5.41) is 9.33. The van der Waals surface area contributed by atoms with Gasteiger partial charge in [-0.15, -0.1) is 0 Å². The van der Waals surface area contributed by atoms with Crippen molar-refractivity contribution in [1.82, 2.24) is 4.98 Å². The van der Waals surface area contributed by atoms with E-state index in [0.29, 0.717) is 16.9 Å². The minimum atomic E-state index is 0.245. The maximum Gasteiger partial charge on any atom is 0.133 e. The molecule has 1 atom stereocenters. The Morgan fingerprint density at radius 3 is 3.06 bits per heavy atom. The van der Waals surface area contributed by atoms with Gasteiger partial charge in [-0.25, -0.2) is 4.98 Å². The van der Waals surface area contributed by atoms with Crippen LogP contribution in [0.25, 0.3) is 0 Å². The largest absolute Gasteiger partial charge is 0.399 e. The predicted octanol–water partition coefficient (Wildman–Crippen LogP) is 2.06. The maximum absolute atomic E-state index is 8.90. The molecule has 2 heterocycles. The highest BCUT2D eigenvalue weighted by atomic mass is 35.5. The fraction of sp³-hybridized carbons (Fsp3) is 0.583. The van der Waals surface area contributed by atoms with Crippen molar-refractivity contribution in [3.63, 3.8) is 0 Å². The van der Waals surface area contributed by atoms with Gasteiger partial charge in [0.15, 0.2) is 0 Å². The smallest absolute Gasteiger partial charge is 0.133 e. The quantitative estimate of drug-likeness (QED) is 0.809. The van der Waals surface area contributed by atoms with Gasteiger partial charge in [-0.1, -0.05) is 11.6 Å². The third-order valence-electron chi connectivity index (χ3n) is 3.17. The normalized spacial score (nSPS) is 19.9. The van der Waals surface area contributed by atoms with Gasteiger partial charge in [-0.3, -0.25) is 0 Å². The van der Waals surface area contributed by atoms with Crippen molar-refractivity contribution < 1.29 is 5.11 Å². The molecule has 5 heteroatoms. The lowest BCUT2D eigenvalue weighted by Gasteiger charge is -2.26. The van der Waals surface area contributed by atoms with Crippen LogP contribution in [0.15, 0.2) is 12.1 Å². The van der Waals surface area contributed by atoms with E-state index in [9.17, 15) is 0 Å². The number of aliphatic hydroxyl groups excluding tert-OH is 1. The first-order valence-corrected chi connectivity index (χ1v) is 6.39. The molecule has 17 heavy (non-hydrogen) atoms. The summed E-state index contributed by atoms with van der Waals surface area (Å²) in [6.45, 7) is 1.23. The van der Waals surface area contributed by atoms with Crippen molar-refractivity contribution in [2.45, 2.75) is 31.7 Å². The molecule has 0 radical (unpaired) electrons. The monoisotopic (exact) mass is 255 g/mol. The van der Waals surface area contributed by atoms with Gasteiger partial charge in [0.1, 0.15) is 11.0 Å². The number of rotatable bonds is 4. The molecular weight excluding hydrogens is 238 g/mol. The molecule has 94 valence electrons. The lowest BCUT2D eigenvalue weighted by atomic mass is 10.1. The molecule has 1 aromatic rings. The molecule has 1 fully saturated rings. The third-order valence-corrected chi connectivity index (χ3v) is 3.36. The van der Waals surface area contributed by atoms with E-state index in [2.05, 4.69) is 9.88 Å². The molecular formula is C12H18ClN3O. The summed E-state index contributed by atoms with van der Waals surface area (Å²) in [7, 11) is 0. The van der Waals surface area contributed by atoms with Gasteiger partial charge in [-0.2, -0.15) is 0 Å². The lowest BCUT2D eigenvalue weighted by Crippen LogP contribution is -2.30. The number of anilines is 2. The number of nitrogens with two attached hydrogens (primary N) is 1. The standard InChI is InChI=1S/C12H18ClN3O/c13-11-7-9(14)8-12(15-11)16-5-1-3-10(16)4-2-6-17/h7-8,10,17H,1-6H2,(H2,14,15). The first kappa shape index (κ1) is 12.5. The van der Waals surface area contributed by atoms with E-state index in [4.69, 9.17) is 22.4 Å². The molecule has 0 saturated carbocycles. The molecule has 1 saturated heterocycles. The van der Waals surface area contributed by atoms with Crippen LogP contribution >= 0.6 is 11.6 Å². The molecule has 0 amide bonds. The molecule has 1 aliphatic heterocycles. The first-order valence-electron chi connectivity index (χ1n) is 6.01. The Morgan fingerprint density at radius 2 is 2.35 bits per heavy atom. The van der Waals surface area contributed by atoms with E-state index in [-0.39, 0.29) is 6.61 Å². The first-order chi connectivity index (χ1) is 8.20. The molecule has 0 aliphatic carbocycles. The molecule has 2 rings (SSSR count). The van der Waals surface area contributed by atoms with E-state index < -0.39 is 0 Å². The van der Waals surface area contributed by atoms with Crippen molar-refractivity contribution in [2.24, 2.45) is 0 Å². The second kappa shape index (κ2) is 5.56. The summed E-state index contributed by atoms with van der Waals surface area (Å²) in [6.07, 6.45) is 4.13. The Kier molecular flexibility index (Phi) is 4.07. The Balaban J connectivity index is 2.14. The van der Waals surface area contributed by atoms with Crippen molar-refractivity contribution in [3.05, 3.63) is 17.3 Å². The Labute approximate surface area is 106 Å². The van der Waals surface area contributed by atoms with Crippen LogP contribution in [0.3, 0.4) is 0 Å². The number of nitrogens with zero attached hydrogens (tertiary/aromatic N) is 2. The van der Waals surface area contributed by atoms with Gasteiger partial charge in [-0.05, 0) is 31.7 Å². The van der Waals surface area contributed by atoms with Gasteiger partial charge >= 0.3 is 0 Å². The van der Waals surface area contributed by atoms with Gasteiger partial charge in [0, 0.05) is 30.9 Å². The number of aromatic nitrogens is 1. The number of nitrogen functional groups attached to an aromatic ring is 1. The molecule has 4 nitrogen and oxygen atoms in total. The summed E-state index contributed by atoms with van der Waals surface area (Å²) in [5.41, 5.74) is 6.43. The van der Waals surface area contributed by atoms with Crippen LogP contribution in [-0.4, -0.2) is 29.3 Å². The number of hydrogen-bond donors (Lipinski definition) is 2. The van der Waals surface area contributed by atoms with Crippen LogP contribution in [0, 0.1) is 0 Å². The molecule has 1 aromatic heterocycles. The molecule has 3 N–H and O–H groups in total. The van der Waals surface area contributed by atoms with E-state index in [0.717, 1.165) is 38.0 Å². The summed E-state index contributed by atoms with van der Waals surface area (Å²) in [4.78, 5) is 6.57. The zero-order valence-corrected chi connectivity index (χ0v) is 10.5. The third kappa shape index (κ3) is 3.01. The van der Waals surface area contributed by atoms with Crippen LogP contribution in [-0.2, 0) is 0 Å². The van der Waals surface area contributed by atoms with E-state index in [1.165, 1.54) is 0 Å². The SMILES string of the molecule is Nc1cc(Cl)nc(N2CCCC2CCCO)c1. The average molecular weight is 256 g/mol. The summed E-state index contributed by atoms with van der Waals surface area (Å²) < 4.78 is 0. The number of pyridine rings is 1. The van der Waals surface area contributed by atoms with Crippen LogP contribution < -0.4 is 10.6 Å². The Morgan fingerprint density at radius 1 is 1.53 bits per heavy atom. The number of aliphatic hydroxyl groups is 1. The topological polar surface area (TPSA) is 62.4 Å². The van der Waals surface area contributed by atoms with E-state index >= 15 is 0 Å². The van der Waals surface area contributed by atoms with Crippen LogP contribution in [0.5, 0.6) is 0 Å². The zero-order chi connectivity index (χ0) is 12.3. The maximum atomic E-state index is 8.90. The molecule has 1 aliphatic rings. The molecule has 0 spiro atoms. The molecule has 0 aromatic carbocycles. The summed E-state index contributed by atoms with van der Waals surface area (Å²) in [6, 6.07) is 3.97. The predicted molar refractivity (Wildman–Crippen MR) is 70.3 cm³/mol. The van der Waals surface area contributed by atoms with E-state index in [1.807, 2.05) is 6.07 Å². The number of halogens is 1. The molecule has 1 unspecified atom stereocenters. The summed E-state index contributed by atoms with van der Waals surface area (Å²) in [5.74, 6) is 0.857. The zero-order valence-electron chi connectivity index (χ0n) is 9.77. The second-order valence-electron chi connectivity index (χ2n) is 4.44. The van der Waals surface area contributed by atoms with Gasteiger partial charge < -0.3 is 15.7 Å². The lowest BCUT2D eigenvalue weighted by molar-refractivity contribution is 0.279. The summed E-state index contributed by atoms with van der Waals surface area (Å²) >= 11 is 5.92. The van der Waals surface area contributed by atoms with Crippen molar-refractivity contribution in [3.8, 4) is 0 Å². The highest BCUT2D eigenvalue weighted by molar-refractivity contribution is 6.29.